The van der Waals surface area contributed by atoms with Crippen LogP contribution in [0.25, 0.3) is 11.1 Å². The number of hydrogen-bond acceptors (Lipinski definition) is 4. The van der Waals surface area contributed by atoms with Gasteiger partial charge in [-0.05, 0) is 17.7 Å². The molecular formula is C14H16N2O3. The van der Waals surface area contributed by atoms with E-state index in [-0.39, 0.29) is 5.41 Å². The Morgan fingerprint density at radius 2 is 2.11 bits per heavy atom. The molecule has 19 heavy (non-hydrogen) atoms. The van der Waals surface area contributed by atoms with Gasteiger partial charge in [-0.25, -0.2) is 4.98 Å². The second kappa shape index (κ2) is 4.84. The zero-order valence-corrected chi connectivity index (χ0v) is 11.2. The Balaban J connectivity index is 2.18. The summed E-state index contributed by atoms with van der Waals surface area (Å²) < 4.78 is 5.26. The van der Waals surface area contributed by atoms with Crippen molar-refractivity contribution in [2.24, 2.45) is 0 Å². The van der Waals surface area contributed by atoms with Gasteiger partial charge < -0.3 is 9.73 Å². The highest BCUT2D eigenvalue weighted by molar-refractivity contribution is 6.35. The lowest BCUT2D eigenvalue weighted by molar-refractivity contribution is -0.136. The Morgan fingerprint density at radius 1 is 1.37 bits per heavy atom. The Morgan fingerprint density at radius 3 is 2.79 bits per heavy atom. The third-order valence-electron chi connectivity index (χ3n) is 3.12. The molecule has 1 heterocycles. The van der Waals surface area contributed by atoms with Crippen molar-refractivity contribution >= 4 is 22.8 Å². The molecule has 0 saturated heterocycles. The van der Waals surface area contributed by atoms with Crippen molar-refractivity contribution in [3.63, 3.8) is 0 Å². The van der Waals surface area contributed by atoms with Gasteiger partial charge in [0, 0.05) is 18.9 Å². The van der Waals surface area contributed by atoms with Gasteiger partial charge in [-0.3, -0.25) is 9.59 Å². The van der Waals surface area contributed by atoms with Gasteiger partial charge in [0.15, 0.2) is 12.0 Å². The van der Waals surface area contributed by atoms with Gasteiger partial charge in [0.05, 0.1) is 0 Å². The van der Waals surface area contributed by atoms with Crippen molar-refractivity contribution in [3.8, 4) is 0 Å². The van der Waals surface area contributed by atoms with E-state index in [4.69, 9.17) is 4.42 Å². The van der Waals surface area contributed by atoms with Gasteiger partial charge in [0.1, 0.15) is 5.52 Å². The predicted molar refractivity (Wildman–Crippen MR) is 70.7 cm³/mol. The molecule has 100 valence electrons. The van der Waals surface area contributed by atoms with Crippen molar-refractivity contribution in [1.82, 2.24) is 10.3 Å². The topological polar surface area (TPSA) is 72.2 Å². The number of fused-ring (bicyclic) bond motifs is 1. The molecule has 0 aliphatic rings. The van der Waals surface area contributed by atoms with Crippen LogP contribution < -0.4 is 5.32 Å². The fraction of sp³-hybridized carbons (Fsp3) is 0.357. The third kappa shape index (κ3) is 2.81. The van der Waals surface area contributed by atoms with Crippen molar-refractivity contribution in [3.05, 3.63) is 30.2 Å². The molecule has 5 nitrogen and oxygen atoms in total. The SMILES string of the molecule is CC(=O)C(=O)NCC(C)(C)c1ccc2ncoc2c1. The van der Waals surface area contributed by atoms with Crippen LogP contribution in [-0.4, -0.2) is 23.2 Å². The highest BCUT2D eigenvalue weighted by Crippen LogP contribution is 2.25. The fourth-order valence-electron chi connectivity index (χ4n) is 1.80. The maximum atomic E-state index is 11.3. The molecule has 0 atom stereocenters. The molecule has 0 aliphatic heterocycles. The predicted octanol–water partition coefficient (Wildman–Crippen LogP) is 1.81. The third-order valence-corrected chi connectivity index (χ3v) is 3.12. The summed E-state index contributed by atoms with van der Waals surface area (Å²) in [5.74, 6) is -1.05. The van der Waals surface area contributed by atoms with E-state index in [1.807, 2.05) is 32.0 Å². The summed E-state index contributed by atoms with van der Waals surface area (Å²) in [7, 11) is 0. The monoisotopic (exact) mass is 260 g/mol. The van der Waals surface area contributed by atoms with Gasteiger partial charge in [0.25, 0.3) is 5.91 Å². The number of carbonyl (C=O) groups excluding carboxylic acids is 2. The molecule has 5 heteroatoms. The van der Waals surface area contributed by atoms with E-state index < -0.39 is 11.7 Å². The summed E-state index contributed by atoms with van der Waals surface area (Å²) in [6.45, 7) is 5.61. The molecule has 0 saturated carbocycles. The second-order valence-corrected chi connectivity index (χ2v) is 5.16. The molecule has 1 aromatic carbocycles. The van der Waals surface area contributed by atoms with Gasteiger partial charge in [-0.1, -0.05) is 19.9 Å². The number of hydrogen-bond donors (Lipinski definition) is 1. The van der Waals surface area contributed by atoms with Crippen LogP contribution in [0.3, 0.4) is 0 Å². The largest absolute Gasteiger partial charge is 0.443 e. The van der Waals surface area contributed by atoms with Crippen molar-refractivity contribution in [2.45, 2.75) is 26.2 Å². The summed E-state index contributed by atoms with van der Waals surface area (Å²) in [6.07, 6.45) is 1.40. The van der Waals surface area contributed by atoms with Crippen LogP contribution in [0, 0.1) is 0 Å². The second-order valence-electron chi connectivity index (χ2n) is 5.16. The molecule has 0 aliphatic carbocycles. The first-order valence-electron chi connectivity index (χ1n) is 6.03. The molecular weight excluding hydrogens is 244 g/mol. The maximum Gasteiger partial charge on any atom is 0.287 e. The number of carbonyl (C=O) groups is 2. The number of nitrogens with zero attached hydrogens (tertiary/aromatic N) is 1. The van der Waals surface area contributed by atoms with Crippen LogP contribution >= 0.6 is 0 Å². The van der Waals surface area contributed by atoms with Gasteiger partial charge in [-0.15, -0.1) is 0 Å². The quantitative estimate of drug-likeness (QED) is 0.851. The lowest BCUT2D eigenvalue weighted by atomic mass is 9.84. The number of amides is 1. The fourth-order valence-corrected chi connectivity index (χ4v) is 1.80. The minimum Gasteiger partial charge on any atom is -0.443 e. The standard InChI is InChI=1S/C14H16N2O3/c1-9(17)13(18)15-7-14(2,3)10-4-5-11-12(6-10)19-8-16-11/h4-6,8H,7H2,1-3H3,(H,15,18). The first-order chi connectivity index (χ1) is 8.90. The first kappa shape index (κ1) is 13.3. The lowest BCUT2D eigenvalue weighted by Crippen LogP contribution is -2.39. The minimum atomic E-state index is -0.561. The molecule has 2 rings (SSSR count). The molecule has 0 bridgehead atoms. The van der Waals surface area contributed by atoms with Crippen LogP contribution in [0.1, 0.15) is 26.3 Å². The number of nitrogens with one attached hydrogen (secondary N) is 1. The first-order valence-corrected chi connectivity index (χ1v) is 6.03. The summed E-state index contributed by atoms with van der Waals surface area (Å²) in [5.41, 5.74) is 2.22. The van der Waals surface area contributed by atoms with Crippen molar-refractivity contribution in [2.75, 3.05) is 6.54 Å². The van der Waals surface area contributed by atoms with Crippen LogP contribution in [0.15, 0.2) is 29.0 Å². The number of ketones is 1. The Bertz CT molecular complexity index is 628. The van der Waals surface area contributed by atoms with Crippen molar-refractivity contribution in [1.29, 1.82) is 0 Å². The van der Waals surface area contributed by atoms with Gasteiger partial charge in [-0.2, -0.15) is 0 Å². The van der Waals surface area contributed by atoms with Crippen molar-refractivity contribution < 1.29 is 14.0 Å². The highest BCUT2D eigenvalue weighted by Gasteiger charge is 2.23. The van der Waals surface area contributed by atoms with Gasteiger partial charge in [0.2, 0.25) is 5.78 Å². The Kier molecular flexibility index (Phi) is 3.38. The molecule has 1 aromatic heterocycles. The lowest BCUT2D eigenvalue weighted by Gasteiger charge is -2.25. The van der Waals surface area contributed by atoms with E-state index in [1.54, 1.807) is 0 Å². The molecule has 0 unspecified atom stereocenters. The zero-order valence-electron chi connectivity index (χ0n) is 11.2. The number of oxazole rings is 1. The maximum absolute atomic E-state index is 11.3. The number of benzene rings is 1. The average molecular weight is 260 g/mol. The van der Waals surface area contributed by atoms with E-state index in [1.165, 1.54) is 13.3 Å². The summed E-state index contributed by atoms with van der Waals surface area (Å²) in [6, 6.07) is 5.73. The smallest absolute Gasteiger partial charge is 0.287 e. The van der Waals surface area contributed by atoms with E-state index in [9.17, 15) is 9.59 Å². The molecule has 1 amide bonds. The summed E-state index contributed by atoms with van der Waals surface area (Å²) in [5, 5.41) is 2.63. The summed E-state index contributed by atoms with van der Waals surface area (Å²) in [4.78, 5) is 26.3. The number of aromatic nitrogens is 1. The van der Waals surface area contributed by atoms with Crippen LogP contribution in [0.4, 0.5) is 0 Å². The van der Waals surface area contributed by atoms with E-state index in [2.05, 4.69) is 10.3 Å². The van der Waals surface area contributed by atoms with E-state index in [0.717, 1.165) is 11.1 Å². The summed E-state index contributed by atoms with van der Waals surface area (Å²) >= 11 is 0. The van der Waals surface area contributed by atoms with Gasteiger partial charge >= 0.3 is 0 Å². The Labute approximate surface area is 111 Å². The molecule has 0 fully saturated rings. The molecule has 2 aromatic rings. The number of rotatable bonds is 4. The van der Waals surface area contributed by atoms with Crippen LogP contribution in [-0.2, 0) is 15.0 Å². The Hall–Kier alpha value is -2.17. The van der Waals surface area contributed by atoms with Crippen LogP contribution in [0.2, 0.25) is 0 Å². The average Bonchev–Trinajstić information content (AvgIpc) is 2.82. The van der Waals surface area contributed by atoms with Crippen LogP contribution in [0.5, 0.6) is 0 Å². The zero-order chi connectivity index (χ0) is 14.0. The molecule has 0 spiro atoms. The normalized spacial score (nSPS) is 11.5. The van der Waals surface area contributed by atoms with E-state index >= 15 is 0 Å². The van der Waals surface area contributed by atoms with E-state index in [0.29, 0.717) is 12.1 Å². The minimum absolute atomic E-state index is 0.300. The molecule has 1 N–H and O–H groups in total. The highest BCUT2D eigenvalue weighted by atomic mass is 16.3. The molecule has 0 radical (unpaired) electrons. The number of Topliss-reactive ketones (excluding diaryl/α,β-unsaturated/α-hetero) is 1.